The van der Waals surface area contributed by atoms with E-state index in [9.17, 15) is 4.79 Å². The van der Waals surface area contributed by atoms with E-state index in [1.807, 2.05) is 11.8 Å². The molecule has 0 spiro atoms. The minimum absolute atomic E-state index is 0.0149. The number of nitrogens with zero attached hydrogens (tertiary/aromatic N) is 4. The molecule has 0 saturated carbocycles. The fourth-order valence-electron chi connectivity index (χ4n) is 3.77. The first-order valence-corrected chi connectivity index (χ1v) is 8.98. The molecule has 1 aromatic rings. The molecule has 3 rings (SSSR count). The van der Waals surface area contributed by atoms with Crippen molar-refractivity contribution in [3.63, 3.8) is 0 Å². The van der Waals surface area contributed by atoms with Crippen molar-refractivity contribution < 1.29 is 9.32 Å². The first-order chi connectivity index (χ1) is 11.1. The van der Waals surface area contributed by atoms with Crippen molar-refractivity contribution >= 4 is 5.91 Å². The van der Waals surface area contributed by atoms with Crippen LogP contribution in [0.5, 0.6) is 0 Å². The van der Waals surface area contributed by atoms with Crippen LogP contribution in [0.2, 0.25) is 0 Å². The normalized spacial score (nSPS) is 25.1. The number of hydrogen-bond donors (Lipinski definition) is 0. The molecule has 0 aliphatic carbocycles. The molecule has 2 aliphatic rings. The van der Waals surface area contributed by atoms with Gasteiger partial charge >= 0.3 is 0 Å². The van der Waals surface area contributed by atoms with Crippen LogP contribution in [-0.4, -0.2) is 58.1 Å². The SMILES string of the molecule is Cc1nc([C@H]2CCCN(C(=O)[C@@H](C)N3CCCCCC3)C2)no1. The number of hydrogen-bond acceptors (Lipinski definition) is 5. The van der Waals surface area contributed by atoms with Gasteiger partial charge in [0.25, 0.3) is 0 Å². The Kier molecular flexibility index (Phi) is 5.30. The Morgan fingerprint density at radius 2 is 1.91 bits per heavy atom. The average Bonchev–Trinajstić information content (AvgIpc) is 2.84. The first-order valence-electron chi connectivity index (χ1n) is 8.98. The van der Waals surface area contributed by atoms with E-state index in [0.29, 0.717) is 5.89 Å². The quantitative estimate of drug-likeness (QED) is 0.855. The number of carbonyl (C=O) groups excluding carboxylic acids is 1. The van der Waals surface area contributed by atoms with Gasteiger partial charge in [0.1, 0.15) is 0 Å². The number of carbonyl (C=O) groups is 1. The molecule has 0 unspecified atom stereocenters. The predicted molar refractivity (Wildman–Crippen MR) is 87.1 cm³/mol. The van der Waals surface area contributed by atoms with E-state index in [1.54, 1.807) is 0 Å². The van der Waals surface area contributed by atoms with Crippen LogP contribution in [0, 0.1) is 6.92 Å². The minimum Gasteiger partial charge on any atom is -0.341 e. The van der Waals surface area contributed by atoms with Gasteiger partial charge in [0.2, 0.25) is 11.8 Å². The molecule has 2 saturated heterocycles. The zero-order valence-corrected chi connectivity index (χ0v) is 14.3. The third-order valence-corrected chi connectivity index (χ3v) is 5.19. The molecule has 2 aliphatic heterocycles. The van der Waals surface area contributed by atoms with Gasteiger partial charge in [-0.2, -0.15) is 4.98 Å². The van der Waals surface area contributed by atoms with Crippen LogP contribution >= 0.6 is 0 Å². The summed E-state index contributed by atoms with van der Waals surface area (Å²) in [6.07, 6.45) is 7.04. The highest BCUT2D eigenvalue weighted by atomic mass is 16.5. The third kappa shape index (κ3) is 3.91. The lowest BCUT2D eigenvalue weighted by atomic mass is 9.96. The second-order valence-electron chi connectivity index (χ2n) is 6.92. The Labute approximate surface area is 138 Å². The van der Waals surface area contributed by atoms with Crippen molar-refractivity contribution in [3.05, 3.63) is 11.7 Å². The molecule has 2 fully saturated rings. The number of aryl methyl sites for hydroxylation is 1. The maximum absolute atomic E-state index is 12.9. The summed E-state index contributed by atoms with van der Waals surface area (Å²) in [6.45, 7) is 7.54. The largest absolute Gasteiger partial charge is 0.341 e. The molecule has 0 N–H and O–H groups in total. The molecular weight excluding hydrogens is 292 g/mol. The summed E-state index contributed by atoms with van der Waals surface area (Å²) in [5, 5.41) is 4.05. The van der Waals surface area contributed by atoms with Gasteiger partial charge < -0.3 is 9.42 Å². The molecule has 6 heteroatoms. The van der Waals surface area contributed by atoms with Gasteiger partial charge in [-0.05, 0) is 45.7 Å². The Balaban J connectivity index is 1.61. The maximum Gasteiger partial charge on any atom is 0.239 e. The highest BCUT2D eigenvalue weighted by Gasteiger charge is 2.32. The number of aromatic nitrogens is 2. The molecule has 3 heterocycles. The van der Waals surface area contributed by atoms with E-state index in [0.717, 1.165) is 44.8 Å². The van der Waals surface area contributed by atoms with Crippen LogP contribution in [0.1, 0.15) is 63.1 Å². The average molecular weight is 320 g/mol. The van der Waals surface area contributed by atoms with Gasteiger partial charge in [-0.15, -0.1) is 0 Å². The smallest absolute Gasteiger partial charge is 0.239 e. The van der Waals surface area contributed by atoms with Gasteiger partial charge in [0.05, 0.1) is 6.04 Å². The Morgan fingerprint density at radius 3 is 2.57 bits per heavy atom. The van der Waals surface area contributed by atoms with Crippen molar-refractivity contribution in [2.45, 2.75) is 64.3 Å². The molecule has 6 nitrogen and oxygen atoms in total. The highest BCUT2D eigenvalue weighted by Crippen LogP contribution is 2.26. The van der Waals surface area contributed by atoms with Crippen LogP contribution in [0.4, 0.5) is 0 Å². The third-order valence-electron chi connectivity index (χ3n) is 5.19. The van der Waals surface area contributed by atoms with Crippen molar-refractivity contribution in [2.24, 2.45) is 0 Å². The van der Waals surface area contributed by atoms with Gasteiger partial charge in [-0.3, -0.25) is 9.69 Å². The van der Waals surface area contributed by atoms with E-state index in [-0.39, 0.29) is 17.9 Å². The number of piperidine rings is 1. The lowest BCUT2D eigenvalue weighted by Gasteiger charge is -2.36. The Bertz CT molecular complexity index is 522. The molecule has 1 amide bonds. The molecule has 23 heavy (non-hydrogen) atoms. The lowest BCUT2D eigenvalue weighted by molar-refractivity contribution is -0.137. The fraction of sp³-hybridized carbons (Fsp3) is 0.824. The van der Waals surface area contributed by atoms with Crippen molar-refractivity contribution in [2.75, 3.05) is 26.2 Å². The maximum atomic E-state index is 12.9. The number of likely N-dealkylation sites (tertiary alicyclic amines) is 2. The van der Waals surface area contributed by atoms with Crippen molar-refractivity contribution in [1.29, 1.82) is 0 Å². The van der Waals surface area contributed by atoms with Gasteiger partial charge in [0, 0.05) is 25.9 Å². The molecule has 2 atom stereocenters. The molecule has 1 aromatic heterocycles. The Morgan fingerprint density at radius 1 is 1.17 bits per heavy atom. The summed E-state index contributed by atoms with van der Waals surface area (Å²) in [4.78, 5) is 21.6. The minimum atomic E-state index is -0.0149. The van der Waals surface area contributed by atoms with E-state index < -0.39 is 0 Å². The summed E-state index contributed by atoms with van der Waals surface area (Å²) in [5.41, 5.74) is 0. The molecular formula is C17H28N4O2. The second-order valence-corrected chi connectivity index (χ2v) is 6.92. The van der Waals surface area contributed by atoms with Crippen molar-refractivity contribution in [3.8, 4) is 0 Å². The summed E-state index contributed by atoms with van der Waals surface area (Å²) < 4.78 is 5.10. The molecule has 128 valence electrons. The van der Waals surface area contributed by atoms with Crippen LogP contribution in [0.15, 0.2) is 4.52 Å². The lowest BCUT2D eigenvalue weighted by Crippen LogP contribution is -2.50. The monoisotopic (exact) mass is 320 g/mol. The molecule has 0 aromatic carbocycles. The van der Waals surface area contributed by atoms with Crippen LogP contribution in [0.25, 0.3) is 0 Å². The fourth-order valence-corrected chi connectivity index (χ4v) is 3.77. The topological polar surface area (TPSA) is 62.5 Å². The number of amides is 1. The molecule has 0 bridgehead atoms. The number of rotatable bonds is 3. The van der Waals surface area contributed by atoms with Crippen LogP contribution in [0.3, 0.4) is 0 Å². The second kappa shape index (κ2) is 7.43. The van der Waals surface area contributed by atoms with E-state index >= 15 is 0 Å². The predicted octanol–water partition coefficient (Wildman–Crippen LogP) is 2.35. The van der Waals surface area contributed by atoms with Crippen LogP contribution in [-0.2, 0) is 4.79 Å². The first kappa shape index (κ1) is 16.4. The zero-order valence-electron chi connectivity index (χ0n) is 14.3. The van der Waals surface area contributed by atoms with Crippen molar-refractivity contribution in [1.82, 2.24) is 19.9 Å². The van der Waals surface area contributed by atoms with Gasteiger partial charge in [-0.25, -0.2) is 0 Å². The summed E-state index contributed by atoms with van der Waals surface area (Å²) in [5.74, 6) is 1.82. The summed E-state index contributed by atoms with van der Waals surface area (Å²) in [7, 11) is 0. The highest BCUT2D eigenvalue weighted by molar-refractivity contribution is 5.81. The van der Waals surface area contributed by atoms with E-state index in [1.165, 1.54) is 25.7 Å². The van der Waals surface area contributed by atoms with Gasteiger partial charge in [-0.1, -0.05) is 18.0 Å². The summed E-state index contributed by atoms with van der Waals surface area (Å²) >= 11 is 0. The summed E-state index contributed by atoms with van der Waals surface area (Å²) in [6, 6.07) is -0.0149. The zero-order chi connectivity index (χ0) is 16.2. The Hall–Kier alpha value is -1.43. The standard InChI is InChI=1S/C17H28N4O2/c1-13(20-9-5-3-4-6-10-20)17(22)21-11-7-8-15(12-21)16-18-14(2)23-19-16/h13,15H,3-12H2,1-2H3/t13-,15+/m1/s1. The van der Waals surface area contributed by atoms with E-state index in [2.05, 4.69) is 22.0 Å². The van der Waals surface area contributed by atoms with Crippen LogP contribution < -0.4 is 0 Å². The van der Waals surface area contributed by atoms with E-state index in [4.69, 9.17) is 4.52 Å². The molecule has 0 radical (unpaired) electrons. The van der Waals surface area contributed by atoms with Gasteiger partial charge in [0.15, 0.2) is 5.82 Å².